The van der Waals surface area contributed by atoms with Crippen molar-refractivity contribution in [2.24, 2.45) is 5.92 Å². The predicted octanol–water partition coefficient (Wildman–Crippen LogP) is 0.729. The molecule has 222 valence electrons. The minimum absolute atomic E-state index is 0.0353. The number of nitriles is 1. The number of likely N-dealkylation sites (tertiary alicyclic amines) is 1. The zero-order valence-corrected chi connectivity index (χ0v) is 23.7. The van der Waals surface area contributed by atoms with Crippen LogP contribution in [0.1, 0.15) is 25.8 Å². The van der Waals surface area contributed by atoms with Gasteiger partial charge in [-0.3, -0.25) is 15.0 Å². The second kappa shape index (κ2) is 14.8. The number of carbonyl (C=O) groups excluding carboxylic acids is 3. The Labute approximate surface area is 240 Å². The topological polar surface area (TPSA) is 165 Å². The normalized spacial score (nSPS) is 18.8. The van der Waals surface area contributed by atoms with Gasteiger partial charge in [-0.1, -0.05) is 30.3 Å². The number of nitrogens with zero attached hydrogens (tertiary/aromatic N) is 4. The molecule has 2 heterocycles. The minimum Gasteiger partial charge on any atom is -0.453 e. The molecule has 2 aliphatic rings. The fourth-order valence-electron chi connectivity index (χ4n) is 4.98. The highest BCUT2D eigenvalue weighted by Gasteiger charge is 2.34. The summed E-state index contributed by atoms with van der Waals surface area (Å²) in [6.07, 6.45) is 0.267. The van der Waals surface area contributed by atoms with Crippen LogP contribution in [0.3, 0.4) is 0 Å². The highest BCUT2D eigenvalue weighted by molar-refractivity contribution is 6.32. The number of alkyl carbamates (subject to hydrolysis) is 1. The van der Waals surface area contributed by atoms with Gasteiger partial charge in [0.25, 0.3) is 5.91 Å². The molecule has 0 radical (unpaired) electrons. The third-order valence-corrected chi connectivity index (χ3v) is 7.23. The molecule has 0 spiro atoms. The van der Waals surface area contributed by atoms with Gasteiger partial charge in [0.2, 0.25) is 0 Å². The van der Waals surface area contributed by atoms with Gasteiger partial charge >= 0.3 is 19.5 Å². The van der Waals surface area contributed by atoms with Crippen molar-refractivity contribution in [3.63, 3.8) is 0 Å². The van der Waals surface area contributed by atoms with Gasteiger partial charge < -0.3 is 34.0 Å². The summed E-state index contributed by atoms with van der Waals surface area (Å²) < 4.78 is 15.1. The van der Waals surface area contributed by atoms with Crippen molar-refractivity contribution in [1.29, 1.82) is 5.26 Å². The number of nitrogens with one attached hydrogen (secondary N) is 1. The summed E-state index contributed by atoms with van der Waals surface area (Å²) in [4.78, 5) is 42.7. The highest BCUT2D eigenvalue weighted by atomic mass is 16.6. The lowest BCUT2D eigenvalue weighted by atomic mass is 9.97. The molecule has 3 N–H and O–H groups in total. The van der Waals surface area contributed by atoms with Crippen LogP contribution < -0.4 is 5.32 Å². The summed E-state index contributed by atoms with van der Waals surface area (Å²) in [5, 5.41) is 30.7. The average molecular weight is 571 g/mol. The Balaban J connectivity index is 1.50. The van der Waals surface area contributed by atoms with Gasteiger partial charge in [-0.25, -0.2) is 9.59 Å². The fraction of sp³-hybridized carbons (Fsp3) is 0.556. The van der Waals surface area contributed by atoms with Crippen molar-refractivity contribution in [2.45, 2.75) is 38.5 Å². The Kier molecular flexibility index (Phi) is 11.5. The third kappa shape index (κ3) is 9.46. The smallest absolute Gasteiger partial charge is 0.453 e. The fourth-order valence-corrected chi connectivity index (χ4v) is 4.98. The lowest BCUT2D eigenvalue weighted by molar-refractivity contribution is -0.125. The summed E-state index contributed by atoms with van der Waals surface area (Å²) in [5.74, 6) is -0.505. The van der Waals surface area contributed by atoms with Gasteiger partial charge in [0, 0.05) is 57.1 Å². The molecule has 2 saturated heterocycles. The zero-order chi connectivity index (χ0) is 30.0. The van der Waals surface area contributed by atoms with Gasteiger partial charge in [0.1, 0.15) is 17.9 Å². The first-order chi connectivity index (χ1) is 19.5. The number of carbonyl (C=O) groups is 3. The van der Waals surface area contributed by atoms with Crippen molar-refractivity contribution in [3.05, 3.63) is 47.5 Å². The van der Waals surface area contributed by atoms with Crippen LogP contribution in [0.4, 0.5) is 9.59 Å². The lowest BCUT2D eigenvalue weighted by Crippen LogP contribution is -2.55. The summed E-state index contributed by atoms with van der Waals surface area (Å²) in [6.45, 7) is 6.75. The Hall–Kier alpha value is -3.64. The first-order valence-corrected chi connectivity index (χ1v) is 13.5. The number of piperazine rings is 1. The number of rotatable bonds is 10. The van der Waals surface area contributed by atoms with E-state index in [1.54, 1.807) is 15.9 Å². The largest absolute Gasteiger partial charge is 0.635 e. The molecule has 0 aliphatic carbocycles. The van der Waals surface area contributed by atoms with Crippen LogP contribution in [0.25, 0.3) is 0 Å². The van der Waals surface area contributed by atoms with E-state index in [2.05, 4.69) is 10.2 Å². The molecule has 2 aliphatic heterocycles. The molecule has 1 aromatic carbocycles. The van der Waals surface area contributed by atoms with E-state index < -0.39 is 25.2 Å². The van der Waals surface area contributed by atoms with E-state index in [1.165, 1.54) is 7.11 Å². The van der Waals surface area contributed by atoms with Crippen LogP contribution in [0.5, 0.6) is 0 Å². The molecule has 1 aromatic rings. The van der Waals surface area contributed by atoms with E-state index in [4.69, 9.17) is 14.1 Å². The van der Waals surface area contributed by atoms with Crippen LogP contribution >= 0.6 is 0 Å². The number of methoxy groups -OCH3 is 1. The van der Waals surface area contributed by atoms with E-state index in [-0.39, 0.29) is 36.5 Å². The second-order valence-corrected chi connectivity index (χ2v) is 10.6. The Morgan fingerprint density at radius 1 is 1.15 bits per heavy atom. The molecule has 14 heteroatoms. The quantitative estimate of drug-likeness (QED) is 0.158. The maximum absolute atomic E-state index is 13.2. The molecule has 41 heavy (non-hydrogen) atoms. The van der Waals surface area contributed by atoms with E-state index in [0.29, 0.717) is 45.7 Å². The van der Waals surface area contributed by atoms with Crippen LogP contribution in [-0.4, -0.2) is 115 Å². The first-order valence-electron chi connectivity index (χ1n) is 13.5. The minimum atomic E-state index is -2.07. The summed E-state index contributed by atoms with van der Waals surface area (Å²) >= 11 is 0. The van der Waals surface area contributed by atoms with Crippen LogP contribution in [-0.2, 0) is 25.3 Å². The predicted molar refractivity (Wildman–Crippen MR) is 148 cm³/mol. The van der Waals surface area contributed by atoms with Gasteiger partial charge in [-0.15, -0.1) is 0 Å². The Morgan fingerprint density at radius 2 is 1.83 bits per heavy atom. The van der Waals surface area contributed by atoms with Crippen LogP contribution in [0.15, 0.2) is 42.0 Å². The molecule has 2 fully saturated rings. The number of ether oxygens (including phenoxy) is 2. The lowest BCUT2D eigenvalue weighted by Gasteiger charge is -2.42. The van der Waals surface area contributed by atoms with Gasteiger partial charge in [0.15, 0.2) is 0 Å². The monoisotopic (exact) mass is 571 g/mol. The maximum atomic E-state index is 13.2. The van der Waals surface area contributed by atoms with Crippen molar-refractivity contribution >= 4 is 25.4 Å². The number of hydrogen-bond donors (Lipinski definition) is 3. The molecule has 0 saturated carbocycles. The van der Waals surface area contributed by atoms with E-state index >= 15 is 0 Å². The SMILES string of the molecule is COC(=O)N1CCN(C(C)(C)C=C(C#N)C(=O)N2CC[C@H](COC(=O)N[C@@H](Cc3ccccc3)OB(O)O)C2)CC1. The molecule has 13 nitrogen and oxygen atoms in total. The second-order valence-electron chi connectivity index (χ2n) is 10.6. The average Bonchev–Trinajstić information content (AvgIpc) is 3.43. The van der Waals surface area contributed by atoms with Crippen molar-refractivity contribution in [3.8, 4) is 6.07 Å². The first kappa shape index (κ1) is 31.9. The molecule has 0 unspecified atom stereocenters. The van der Waals surface area contributed by atoms with Crippen molar-refractivity contribution in [1.82, 2.24) is 20.0 Å². The molecule has 0 bridgehead atoms. The van der Waals surface area contributed by atoms with Gasteiger partial charge in [0.05, 0.1) is 13.7 Å². The van der Waals surface area contributed by atoms with Crippen LogP contribution in [0, 0.1) is 17.2 Å². The Bertz CT molecular complexity index is 1120. The van der Waals surface area contributed by atoms with Gasteiger partial charge in [-0.2, -0.15) is 5.26 Å². The van der Waals surface area contributed by atoms with Gasteiger partial charge in [-0.05, 0) is 31.9 Å². The van der Waals surface area contributed by atoms with E-state index in [9.17, 15) is 29.7 Å². The zero-order valence-electron chi connectivity index (χ0n) is 23.7. The number of hydrogen-bond acceptors (Lipinski definition) is 10. The summed E-state index contributed by atoms with van der Waals surface area (Å²) in [5.41, 5.74) is 0.258. The molecular formula is C27H38BN5O8. The standard InChI is InChI=1S/C27H38BN5O8/c1-27(2,33-13-11-31(12-14-33)26(36)39-3)16-22(17-29)24(34)32-10-9-21(18-32)19-40-25(35)30-23(41-28(37)38)15-20-7-5-4-6-8-20/h4-8,16,21,23,37-38H,9-15,18-19H2,1-3H3,(H,30,35)/t21-,23+/m0/s1. The highest BCUT2D eigenvalue weighted by Crippen LogP contribution is 2.24. The third-order valence-electron chi connectivity index (χ3n) is 7.23. The van der Waals surface area contributed by atoms with Crippen LogP contribution in [0.2, 0.25) is 0 Å². The molecule has 3 rings (SSSR count). The van der Waals surface area contributed by atoms with Crippen molar-refractivity contribution in [2.75, 3.05) is 53.0 Å². The number of benzene rings is 1. The summed E-state index contributed by atoms with van der Waals surface area (Å²) in [7, 11) is -0.728. The molecular weight excluding hydrogens is 533 g/mol. The van der Waals surface area contributed by atoms with E-state index in [0.717, 1.165) is 5.56 Å². The van der Waals surface area contributed by atoms with Crippen molar-refractivity contribution < 1.29 is 38.6 Å². The molecule has 3 amide bonds. The van der Waals surface area contributed by atoms with E-state index in [1.807, 2.05) is 50.2 Å². The summed E-state index contributed by atoms with van der Waals surface area (Å²) in [6, 6.07) is 11.1. The number of amides is 3. The molecule has 2 atom stereocenters. The Morgan fingerprint density at radius 3 is 2.44 bits per heavy atom. The molecule has 0 aromatic heterocycles. The maximum Gasteiger partial charge on any atom is 0.635 e.